The van der Waals surface area contributed by atoms with Gasteiger partial charge in [0.1, 0.15) is 5.75 Å². The normalized spacial score (nSPS) is 18.3. The highest BCUT2D eigenvalue weighted by atomic mass is 16.5. The van der Waals surface area contributed by atoms with Crippen molar-refractivity contribution in [1.29, 1.82) is 0 Å². The summed E-state index contributed by atoms with van der Waals surface area (Å²) in [4.78, 5) is 6.75. The summed E-state index contributed by atoms with van der Waals surface area (Å²) in [5.41, 5.74) is 1.05. The predicted octanol–water partition coefficient (Wildman–Crippen LogP) is 1.73. The summed E-state index contributed by atoms with van der Waals surface area (Å²) in [6.45, 7) is 10.9. The molecule has 0 amide bonds. The number of guanidine groups is 1. The molecule has 1 aromatic rings. The quantitative estimate of drug-likeness (QED) is 0.359. The van der Waals surface area contributed by atoms with Gasteiger partial charge in [0.25, 0.3) is 0 Å². The molecule has 0 aliphatic carbocycles. The molecule has 28 heavy (non-hydrogen) atoms. The number of hydrogen-bond donors (Lipinski definition) is 2. The van der Waals surface area contributed by atoms with Gasteiger partial charge in [0.05, 0.1) is 33.0 Å². The Morgan fingerprint density at radius 2 is 2.14 bits per heavy atom. The number of nitrogens with zero attached hydrogens (tertiary/aromatic N) is 2. The fourth-order valence-electron chi connectivity index (χ4n) is 3.26. The van der Waals surface area contributed by atoms with Gasteiger partial charge >= 0.3 is 0 Å². The molecule has 0 radical (unpaired) electrons. The minimum absolute atomic E-state index is 0.188. The van der Waals surface area contributed by atoms with Crippen LogP contribution in [0.1, 0.15) is 19.4 Å². The van der Waals surface area contributed by atoms with Gasteiger partial charge < -0.3 is 24.8 Å². The van der Waals surface area contributed by atoms with Crippen molar-refractivity contribution in [3.05, 3.63) is 29.8 Å². The Kier molecular flexibility index (Phi) is 10.1. The van der Waals surface area contributed by atoms with Gasteiger partial charge in [-0.05, 0) is 12.0 Å². The van der Waals surface area contributed by atoms with Gasteiger partial charge in [-0.1, -0.05) is 32.0 Å². The molecule has 158 valence electrons. The van der Waals surface area contributed by atoms with Crippen LogP contribution in [0.5, 0.6) is 5.75 Å². The van der Waals surface area contributed by atoms with E-state index in [9.17, 15) is 0 Å². The van der Waals surface area contributed by atoms with E-state index < -0.39 is 0 Å². The highest BCUT2D eigenvalue weighted by Crippen LogP contribution is 2.17. The monoisotopic (exact) mass is 392 g/mol. The topological polar surface area (TPSA) is 67.4 Å². The number of aliphatic imine (C=N–C) groups is 1. The molecule has 7 nitrogen and oxygen atoms in total. The number of hydrogen-bond acceptors (Lipinski definition) is 5. The maximum absolute atomic E-state index is 5.88. The Labute approximate surface area is 169 Å². The Morgan fingerprint density at radius 1 is 1.32 bits per heavy atom. The predicted molar refractivity (Wildman–Crippen MR) is 113 cm³/mol. The molecule has 0 spiro atoms. The van der Waals surface area contributed by atoms with E-state index >= 15 is 0 Å². The van der Waals surface area contributed by atoms with Crippen LogP contribution in [0.15, 0.2) is 29.3 Å². The van der Waals surface area contributed by atoms with Gasteiger partial charge in [-0.15, -0.1) is 0 Å². The minimum Gasteiger partial charge on any atom is -0.496 e. The van der Waals surface area contributed by atoms with Crippen molar-refractivity contribution in [2.24, 2.45) is 10.9 Å². The number of ether oxygens (including phenoxy) is 3. The lowest BCUT2D eigenvalue weighted by Crippen LogP contribution is -2.50. The van der Waals surface area contributed by atoms with Crippen LogP contribution >= 0.6 is 0 Å². The molecule has 1 aromatic carbocycles. The fraction of sp³-hybridized carbons (Fsp3) is 0.667. The third kappa shape index (κ3) is 8.04. The number of morpholine rings is 1. The number of benzene rings is 1. The van der Waals surface area contributed by atoms with E-state index in [1.165, 1.54) is 0 Å². The fourth-order valence-corrected chi connectivity index (χ4v) is 3.26. The molecule has 1 aliphatic heterocycles. The van der Waals surface area contributed by atoms with Crippen LogP contribution < -0.4 is 15.4 Å². The summed E-state index contributed by atoms with van der Waals surface area (Å²) in [6, 6.07) is 7.90. The van der Waals surface area contributed by atoms with Crippen LogP contribution in [-0.4, -0.2) is 77.1 Å². The third-order valence-electron chi connectivity index (χ3n) is 4.56. The van der Waals surface area contributed by atoms with E-state index in [1.54, 1.807) is 14.2 Å². The molecule has 0 saturated carbocycles. The molecule has 1 aliphatic rings. The van der Waals surface area contributed by atoms with Gasteiger partial charge in [-0.25, -0.2) is 0 Å². The van der Waals surface area contributed by atoms with Gasteiger partial charge in [0.2, 0.25) is 0 Å². The largest absolute Gasteiger partial charge is 0.496 e. The average Bonchev–Trinajstić information content (AvgIpc) is 2.70. The van der Waals surface area contributed by atoms with E-state index in [0.29, 0.717) is 25.7 Å². The summed E-state index contributed by atoms with van der Waals surface area (Å²) in [6.07, 6.45) is 0.188. The zero-order valence-electron chi connectivity index (χ0n) is 17.7. The second-order valence-corrected chi connectivity index (χ2v) is 7.39. The maximum atomic E-state index is 5.88. The van der Waals surface area contributed by atoms with E-state index in [4.69, 9.17) is 14.2 Å². The minimum atomic E-state index is 0.188. The standard InChI is InChI=1S/C21H36N4O3/c1-17(2)14-25-10-12-28-19(15-25)13-24-21(22-3)23-9-11-27-16-18-7-5-6-8-20(18)26-4/h5-8,17,19H,9-16H2,1-4H3,(H2,22,23,24). The average molecular weight is 393 g/mol. The van der Waals surface area contributed by atoms with E-state index in [-0.39, 0.29) is 6.10 Å². The molecular weight excluding hydrogens is 356 g/mol. The molecule has 1 saturated heterocycles. The lowest BCUT2D eigenvalue weighted by molar-refractivity contribution is -0.0284. The van der Waals surface area contributed by atoms with Crippen molar-refractivity contribution in [3.63, 3.8) is 0 Å². The molecule has 2 rings (SSSR count). The molecule has 0 aromatic heterocycles. The molecule has 7 heteroatoms. The Hall–Kier alpha value is -1.83. The Bertz CT molecular complexity index is 595. The second kappa shape index (κ2) is 12.6. The molecule has 1 heterocycles. The van der Waals surface area contributed by atoms with Crippen LogP contribution in [0.2, 0.25) is 0 Å². The van der Waals surface area contributed by atoms with Gasteiger partial charge in [-0.3, -0.25) is 9.89 Å². The lowest BCUT2D eigenvalue weighted by Gasteiger charge is -2.34. The number of rotatable bonds is 10. The van der Waals surface area contributed by atoms with Crippen LogP contribution in [0, 0.1) is 5.92 Å². The van der Waals surface area contributed by atoms with E-state index in [2.05, 4.69) is 34.4 Å². The van der Waals surface area contributed by atoms with Crippen molar-refractivity contribution in [3.8, 4) is 5.75 Å². The number of methoxy groups -OCH3 is 1. The SMILES string of the molecule is CN=C(NCCOCc1ccccc1OC)NCC1CN(CC(C)C)CCO1. The van der Waals surface area contributed by atoms with Crippen molar-refractivity contribution in [1.82, 2.24) is 15.5 Å². The van der Waals surface area contributed by atoms with Crippen molar-refractivity contribution in [2.45, 2.75) is 26.6 Å². The zero-order valence-corrected chi connectivity index (χ0v) is 17.7. The van der Waals surface area contributed by atoms with Crippen molar-refractivity contribution < 1.29 is 14.2 Å². The first-order valence-electron chi connectivity index (χ1n) is 10.1. The Balaban J connectivity index is 1.62. The first kappa shape index (κ1) is 22.5. The number of nitrogens with one attached hydrogen (secondary N) is 2. The van der Waals surface area contributed by atoms with Gasteiger partial charge in [0, 0.05) is 45.3 Å². The summed E-state index contributed by atoms with van der Waals surface area (Å²) >= 11 is 0. The summed E-state index contributed by atoms with van der Waals surface area (Å²) in [5.74, 6) is 2.30. The maximum Gasteiger partial charge on any atom is 0.191 e. The van der Waals surface area contributed by atoms with E-state index in [1.807, 2.05) is 24.3 Å². The van der Waals surface area contributed by atoms with Crippen molar-refractivity contribution >= 4 is 5.96 Å². The number of para-hydroxylation sites is 1. The molecule has 1 unspecified atom stereocenters. The van der Waals surface area contributed by atoms with Crippen LogP contribution in [0.4, 0.5) is 0 Å². The first-order chi connectivity index (χ1) is 13.6. The highest BCUT2D eigenvalue weighted by Gasteiger charge is 2.21. The van der Waals surface area contributed by atoms with E-state index in [0.717, 1.165) is 50.1 Å². The zero-order chi connectivity index (χ0) is 20.2. The molecule has 1 fully saturated rings. The van der Waals surface area contributed by atoms with Crippen LogP contribution in [-0.2, 0) is 16.1 Å². The smallest absolute Gasteiger partial charge is 0.191 e. The molecule has 2 N–H and O–H groups in total. The molecular formula is C21H36N4O3. The molecule has 1 atom stereocenters. The summed E-state index contributed by atoms with van der Waals surface area (Å²) in [5, 5.41) is 6.63. The van der Waals surface area contributed by atoms with Crippen molar-refractivity contribution in [2.75, 3.05) is 60.1 Å². The summed E-state index contributed by atoms with van der Waals surface area (Å²) in [7, 11) is 3.45. The third-order valence-corrected chi connectivity index (χ3v) is 4.56. The van der Waals surface area contributed by atoms with Gasteiger partial charge in [0.15, 0.2) is 5.96 Å². The highest BCUT2D eigenvalue weighted by molar-refractivity contribution is 5.79. The summed E-state index contributed by atoms with van der Waals surface area (Å²) < 4.78 is 17.0. The second-order valence-electron chi connectivity index (χ2n) is 7.39. The lowest BCUT2D eigenvalue weighted by atomic mass is 10.2. The first-order valence-corrected chi connectivity index (χ1v) is 10.1. The Morgan fingerprint density at radius 3 is 2.89 bits per heavy atom. The molecule has 0 bridgehead atoms. The van der Waals surface area contributed by atoms with Crippen LogP contribution in [0.3, 0.4) is 0 Å². The van der Waals surface area contributed by atoms with Crippen LogP contribution in [0.25, 0.3) is 0 Å². The van der Waals surface area contributed by atoms with Gasteiger partial charge in [-0.2, -0.15) is 0 Å².